The molecule has 2 aromatic rings. The minimum atomic E-state index is -1.97. The predicted octanol–water partition coefficient (Wildman–Crippen LogP) is 3.76. The second-order valence-corrected chi connectivity index (χ2v) is 5.92. The molecule has 0 aliphatic heterocycles. The molecule has 2 aromatic carbocycles. The highest BCUT2D eigenvalue weighted by atomic mass is 32.2. The molecule has 0 spiro atoms. The Morgan fingerprint density at radius 1 is 1.14 bits per heavy atom. The summed E-state index contributed by atoms with van der Waals surface area (Å²) < 4.78 is 26.1. The van der Waals surface area contributed by atoms with Gasteiger partial charge in [-0.15, -0.1) is 0 Å². The molecule has 1 aliphatic rings. The topological polar surface area (TPSA) is 46.5 Å². The quantitative estimate of drug-likeness (QED) is 0.878. The van der Waals surface area contributed by atoms with E-state index >= 15 is 0 Å². The van der Waals surface area contributed by atoms with Crippen LogP contribution in [-0.4, -0.2) is 15.9 Å². The van der Waals surface area contributed by atoms with Crippen LogP contribution < -0.4 is 4.74 Å². The van der Waals surface area contributed by atoms with Crippen molar-refractivity contribution in [2.24, 2.45) is 0 Å². The lowest BCUT2D eigenvalue weighted by atomic mass is 9.88. The van der Waals surface area contributed by atoms with Gasteiger partial charge >= 0.3 is 0 Å². The molecule has 1 N–H and O–H groups in total. The number of rotatable bonds is 3. The van der Waals surface area contributed by atoms with Crippen molar-refractivity contribution in [3.63, 3.8) is 0 Å². The molecule has 108 valence electrons. The zero-order valence-corrected chi connectivity index (χ0v) is 12.5. The minimum Gasteiger partial charge on any atom is -0.497 e. The first-order chi connectivity index (χ1) is 10.2. The summed E-state index contributed by atoms with van der Waals surface area (Å²) in [4.78, 5) is 0.473. The van der Waals surface area contributed by atoms with E-state index in [2.05, 4.69) is 12.1 Å². The van der Waals surface area contributed by atoms with Gasteiger partial charge in [-0.2, -0.15) is 0 Å². The van der Waals surface area contributed by atoms with Gasteiger partial charge in [-0.05, 0) is 53.3 Å². The number of hydrogen-bond acceptors (Lipinski definition) is 2. The third kappa shape index (κ3) is 2.77. The third-order valence-corrected chi connectivity index (χ3v) is 4.50. The normalized spacial score (nSPS) is 15.0. The maximum Gasteiger partial charge on any atom is 0.187 e. The molecule has 0 amide bonds. The van der Waals surface area contributed by atoms with Crippen LogP contribution in [0, 0.1) is 0 Å². The van der Waals surface area contributed by atoms with Crippen molar-refractivity contribution in [2.45, 2.75) is 17.7 Å². The summed E-state index contributed by atoms with van der Waals surface area (Å²) in [6.45, 7) is 0. The average molecular weight is 300 g/mol. The van der Waals surface area contributed by atoms with Gasteiger partial charge < -0.3 is 9.29 Å². The first-order valence-electron chi connectivity index (χ1n) is 6.77. The first kappa shape index (κ1) is 14.0. The minimum absolute atomic E-state index is 0.473. The van der Waals surface area contributed by atoms with E-state index in [9.17, 15) is 8.76 Å². The van der Waals surface area contributed by atoms with E-state index < -0.39 is 11.1 Å². The maximum atomic E-state index is 11.5. The molecule has 1 unspecified atom stereocenters. The van der Waals surface area contributed by atoms with Crippen molar-refractivity contribution >= 4 is 22.7 Å². The van der Waals surface area contributed by atoms with E-state index in [1.165, 1.54) is 5.56 Å². The highest BCUT2D eigenvalue weighted by molar-refractivity contribution is 7.79. The van der Waals surface area contributed by atoms with E-state index in [-0.39, 0.29) is 0 Å². The number of ether oxygens (including phenoxy) is 1. The largest absolute Gasteiger partial charge is 0.497 e. The van der Waals surface area contributed by atoms with E-state index in [1.807, 2.05) is 24.3 Å². The lowest BCUT2D eigenvalue weighted by Crippen LogP contribution is -2.02. The van der Waals surface area contributed by atoms with Crippen molar-refractivity contribution in [1.29, 1.82) is 0 Å². The van der Waals surface area contributed by atoms with E-state index in [4.69, 9.17) is 4.74 Å². The Morgan fingerprint density at radius 3 is 2.71 bits per heavy atom. The van der Waals surface area contributed by atoms with Crippen molar-refractivity contribution in [3.8, 4) is 5.75 Å². The molecule has 0 fully saturated rings. The SMILES string of the molecule is COc1ccc2c(c1)CCC(c1ccccc1S(=O)O)=C2. The second kappa shape index (κ2) is 5.84. The highest BCUT2D eigenvalue weighted by Gasteiger charge is 2.16. The lowest BCUT2D eigenvalue weighted by molar-refractivity contribution is 0.414. The van der Waals surface area contributed by atoms with Gasteiger partial charge in [-0.25, -0.2) is 4.21 Å². The van der Waals surface area contributed by atoms with Gasteiger partial charge in [-0.3, -0.25) is 0 Å². The van der Waals surface area contributed by atoms with Crippen molar-refractivity contribution in [3.05, 3.63) is 59.2 Å². The smallest absolute Gasteiger partial charge is 0.187 e. The summed E-state index contributed by atoms with van der Waals surface area (Å²) in [5.74, 6) is 0.863. The molecule has 1 aliphatic carbocycles. The van der Waals surface area contributed by atoms with Crippen molar-refractivity contribution in [2.75, 3.05) is 7.11 Å². The fourth-order valence-electron chi connectivity index (χ4n) is 2.69. The molecule has 0 heterocycles. The Labute approximate surface area is 126 Å². The Kier molecular flexibility index (Phi) is 3.90. The van der Waals surface area contributed by atoms with Crippen LogP contribution in [0.25, 0.3) is 11.6 Å². The first-order valence-corrected chi connectivity index (χ1v) is 7.87. The number of aryl methyl sites for hydroxylation is 1. The monoisotopic (exact) mass is 300 g/mol. The second-order valence-electron chi connectivity index (χ2n) is 4.98. The van der Waals surface area contributed by atoms with Gasteiger partial charge in [0.05, 0.1) is 12.0 Å². The number of methoxy groups -OCH3 is 1. The summed E-state index contributed by atoms with van der Waals surface area (Å²) in [6.07, 6.45) is 3.86. The van der Waals surface area contributed by atoms with Gasteiger partial charge in [0.1, 0.15) is 5.75 Å². The molecular formula is C17H16O3S. The molecule has 0 saturated heterocycles. The molecule has 0 saturated carbocycles. The predicted molar refractivity (Wildman–Crippen MR) is 84.7 cm³/mol. The number of fused-ring (bicyclic) bond motifs is 1. The fraction of sp³-hybridized carbons (Fsp3) is 0.176. The molecule has 21 heavy (non-hydrogen) atoms. The van der Waals surface area contributed by atoms with Crippen LogP contribution in [0.15, 0.2) is 47.4 Å². The lowest BCUT2D eigenvalue weighted by Gasteiger charge is -2.18. The van der Waals surface area contributed by atoms with Crippen LogP contribution in [0.2, 0.25) is 0 Å². The Hall–Kier alpha value is -1.91. The molecule has 0 bridgehead atoms. The number of benzene rings is 2. The van der Waals surface area contributed by atoms with Crippen molar-refractivity contribution in [1.82, 2.24) is 0 Å². The van der Waals surface area contributed by atoms with Gasteiger partial charge in [-0.1, -0.05) is 30.3 Å². The molecule has 0 radical (unpaired) electrons. The van der Waals surface area contributed by atoms with Gasteiger partial charge in [0.15, 0.2) is 11.1 Å². The molecule has 3 nitrogen and oxygen atoms in total. The van der Waals surface area contributed by atoms with Crippen LogP contribution in [-0.2, 0) is 17.5 Å². The number of allylic oxidation sites excluding steroid dienone is 1. The molecule has 0 aromatic heterocycles. The Balaban J connectivity index is 2.05. The third-order valence-electron chi connectivity index (χ3n) is 3.76. The highest BCUT2D eigenvalue weighted by Crippen LogP contribution is 2.34. The molecular weight excluding hydrogens is 284 g/mol. The summed E-state index contributed by atoms with van der Waals surface area (Å²) >= 11 is -1.97. The Bertz CT molecular complexity index is 735. The van der Waals surface area contributed by atoms with Gasteiger partial charge in [0.2, 0.25) is 0 Å². The summed E-state index contributed by atoms with van der Waals surface area (Å²) in [6, 6.07) is 13.3. The van der Waals surface area contributed by atoms with Crippen LogP contribution in [0.5, 0.6) is 5.75 Å². The van der Waals surface area contributed by atoms with Crippen LogP contribution in [0.3, 0.4) is 0 Å². The summed E-state index contributed by atoms with van der Waals surface area (Å²) in [5, 5.41) is 0. The zero-order valence-electron chi connectivity index (χ0n) is 11.7. The zero-order chi connectivity index (χ0) is 14.8. The van der Waals surface area contributed by atoms with E-state index in [0.29, 0.717) is 4.90 Å². The van der Waals surface area contributed by atoms with E-state index in [0.717, 1.165) is 35.3 Å². The standard InChI is InChI=1S/C17H16O3S/c1-20-15-9-8-12-10-14(7-6-13(12)11-15)16-4-2-3-5-17(16)21(18)19/h2-5,8-11H,6-7H2,1H3,(H,18,19). The van der Waals surface area contributed by atoms with E-state index in [1.54, 1.807) is 19.2 Å². The fourth-order valence-corrected chi connectivity index (χ4v) is 3.27. The van der Waals surface area contributed by atoms with Crippen LogP contribution in [0.4, 0.5) is 0 Å². The maximum absolute atomic E-state index is 11.5. The molecule has 3 rings (SSSR count). The van der Waals surface area contributed by atoms with Crippen molar-refractivity contribution < 1.29 is 13.5 Å². The molecule has 4 heteroatoms. The molecule has 1 atom stereocenters. The van der Waals surface area contributed by atoms with Crippen LogP contribution >= 0.6 is 0 Å². The Morgan fingerprint density at radius 2 is 1.95 bits per heavy atom. The van der Waals surface area contributed by atoms with Gasteiger partial charge in [0, 0.05) is 0 Å². The summed E-state index contributed by atoms with van der Waals surface area (Å²) in [5.41, 5.74) is 4.36. The van der Waals surface area contributed by atoms with Crippen LogP contribution in [0.1, 0.15) is 23.1 Å². The number of hydrogen-bond donors (Lipinski definition) is 1. The van der Waals surface area contributed by atoms with Gasteiger partial charge in [0.25, 0.3) is 0 Å². The average Bonchev–Trinajstić information content (AvgIpc) is 2.53. The summed E-state index contributed by atoms with van der Waals surface area (Å²) in [7, 11) is 1.67.